The molecule has 1 heterocycles. The number of halogens is 2. The van der Waals surface area contributed by atoms with Gasteiger partial charge in [0.15, 0.2) is 0 Å². The van der Waals surface area contributed by atoms with Crippen LogP contribution in [0, 0.1) is 11.6 Å². The first kappa shape index (κ1) is 12.5. The lowest BCUT2D eigenvalue weighted by Crippen LogP contribution is -2.02. The Morgan fingerprint density at radius 2 is 2.11 bits per heavy atom. The topological polar surface area (TPSA) is 29.9 Å². The van der Waals surface area contributed by atoms with E-state index in [0.29, 0.717) is 12.1 Å². The van der Waals surface area contributed by atoms with Crippen LogP contribution in [0.5, 0.6) is 0 Å². The van der Waals surface area contributed by atoms with Gasteiger partial charge in [-0.3, -0.25) is 4.68 Å². The van der Waals surface area contributed by atoms with E-state index in [0.717, 1.165) is 11.8 Å². The number of benzene rings is 1. The number of nitrogens with zero attached hydrogens (tertiary/aromatic N) is 2. The van der Waals surface area contributed by atoms with Gasteiger partial charge in [0.05, 0.1) is 11.9 Å². The second-order valence-electron chi connectivity index (χ2n) is 4.39. The predicted octanol–water partition coefficient (Wildman–Crippen LogP) is 3.35. The highest BCUT2D eigenvalue weighted by Gasteiger charge is 2.05. The van der Waals surface area contributed by atoms with Crippen LogP contribution in [0.25, 0.3) is 0 Å². The molecule has 0 saturated heterocycles. The first-order chi connectivity index (χ1) is 8.56. The van der Waals surface area contributed by atoms with E-state index in [2.05, 4.69) is 10.4 Å². The summed E-state index contributed by atoms with van der Waals surface area (Å²) in [6.45, 7) is 4.35. The Morgan fingerprint density at radius 3 is 2.72 bits per heavy atom. The Balaban J connectivity index is 2.02. The molecule has 0 spiro atoms. The molecule has 0 fully saturated rings. The van der Waals surface area contributed by atoms with E-state index < -0.39 is 11.6 Å². The van der Waals surface area contributed by atoms with E-state index in [4.69, 9.17) is 0 Å². The van der Waals surface area contributed by atoms with E-state index >= 15 is 0 Å². The largest absolute Gasteiger partial charge is 0.378 e. The first-order valence-electron chi connectivity index (χ1n) is 5.78. The lowest BCUT2D eigenvalue weighted by molar-refractivity contribution is 0.532. The van der Waals surface area contributed by atoms with Crippen LogP contribution in [-0.2, 0) is 6.54 Å². The van der Waals surface area contributed by atoms with Crippen molar-refractivity contribution in [2.24, 2.45) is 0 Å². The molecule has 1 aromatic carbocycles. The summed E-state index contributed by atoms with van der Waals surface area (Å²) in [7, 11) is 0. The SMILES string of the molecule is CC(C)n1cc(NCc2ccc(F)cc2F)cn1. The number of hydrogen-bond donors (Lipinski definition) is 1. The zero-order chi connectivity index (χ0) is 13.1. The highest BCUT2D eigenvalue weighted by molar-refractivity contribution is 5.39. The average Bonchev–Trinajstić information content (AvgIpc) is 2.76. The Bertz CT molecular complexity index is 535. The molecule has 0 amide bonds. The number of rotatable bonds is 4. The van der Waals surface area contributed by atoms with Crippen LogP contribution in [0.4, 0.5) is 14.5 Å². The number of anilines is 1. The molecule has 0 radical (unpaired) electrons. The highest BCUT2D eigenvalue weighted by atomic mass is 19.1. The second kappa shape index (κ2) is 5.16. The lowest BCUT2D eigenvalue weighted by Gasteiger charge is -2.06. The average molecular weight is 251 g/mol. The summed E-state index contributed by atoms with van der Waals surface area (Å²) in [5, 5.41) is 7.22. The molecule has 0 aliphatic carbocycles. The van der Waals surface area contributed by atoms with E-state index in [9.17, 15) is 8.78 Å². The molecule has 96 valence electrons. The van der Waals surface area contributed by atoms with E-state index in [-0.39, 0.29) is 6.04 Å². The van der Waals surface area contributed by atoms with Crippen LogP contribution in [0.2, 0.25) is 0 Å². The van der Waals surface area contributed by atoms with Gasteiger partial charge in [-0.15, -0.1) is 0 Å². The van der Waals surface area contributed by atoms with Crippen molar-refractivity contribution in [3.63, 3.8) is 0 Å². The van der Waals surface area contributed by atoms with Crippen molar-refractivity contribution < 1.29 is 8.78 Å². The van der Waals surface area contributed by atoms with Crippen molar-refractivity contribution in [3.8, 4) is 0 Å². The van der Waals surface area contributed by atoms with Gasteiger partial charge >= 0.3 is 0 Å². The summed E-state index contributed by atoms with van der Waals surface area (Å²) in [4.78, 5) is 0. The van der Waals surface area contributed by atoms with E-state index in [1.54, 1.807) is 6.20 Å². The van der Waals surface area contributed by atoms with Crippen molar-refractivity contribution >= 4 is 5.69 Å². The summed E-state index contributed by atoms with van der Waals surface area (Å²) >= 11 is 0. The van der Waals surface area contributed by atoms with Gasteiger partial charge in [-0.25, -0.2) is 8.78 Å². The molecule has 0 bridgehead atoms. The van der Waals surface area contributed by atoms with Gasteiger partial charge in [-0.05, 0) is 19.9 Å². The molecule has 0 atom stereocenters. The third-order valence-electron chi connectivity index (χ3n) is 2.63. The fourth-order valence-electron chi connectivity index (χ4n) is 1.57. The monoisotopic (exact) mass is 251 g/mol. The smallest absolute Gasteiger partial charge is 0.131 e. The maximum atomic E-state index is 13.4. The quantitative estimate of drug-likeness (QED) is 0.903. The summed E-state index contributed by atoms with van der Waals surface area (Å²) in [6, 6.07) is 3.85. The Morgan fingerprint density at radius 1 is 1.33 bits per heavy atom. The fraction of sp³-hybridized carbons (Fsp3) is 0.308. The molecular weight excluding hydrogens is 236 g/mol. The Kier molecular flexibility index (Phi) is 3.60. The molecule has 3 nitrogen and oxygen atoms in total. The van der Waals surface area contributed by atoms with Gasteiger partial charge in [0.25, 0.3) is 0 Å². The molecule has 18 heavy (non-hydrogen) atoms. The fourth-order valence-corrected chi connectivity index (χ4v) is 1.57. The molecular formula is C13H15F2N3. The maximum absolute atomic E-state index is 13.4. The molecule has 2 rings (SSSR count). The van der Waals surface area contributed by atoms with Crippen molar-refractivity contribution in [1.29, 1.82) is 0 Å². The molecule has 0 aliphatic heterocycles. The number of nitrogens with one attached hydrogen (secondary N) is 1. The van der Waals surface area contributed by atoms with Gasteiger partial charge in [0.2, 0.25) is 0 Å². The lowest BCUT2D eigenvalue weighted by atomic mass is 10.2. The van der Waals surface area contributed by atoms with Gasteiger partial charge < -0.3 is 5.32 Å². The second-order valence-corrected chi connectivity index (χ2v) is 4.39. The molecule has 0 saturated carbocycles. The van der Waals surface area contributed by atoms with Crippen LogP contribution >= 0.6 is 0 Å². The van der Waals surface area contributed by atoms with Crippen LogP contribution < -0.4 is 5.32 Å². The van der Waals surface area contributed by atoms with Crippen LogP contribution in [0.3, 0.4) is 0 Å². The van der Waals surface area contributed by atoms with Crippen molar-refractivity contribution in [2.75, 3.05) is 5.32 Å². The standard InChI is InChI=1S/C13H15F2N3/c1-9(2)18-8-12(7-17-18)16-6-10-3-4-11(14)5-13(10)15/h3-5,7-9,16H,6H2,1-2H3. The Hall–Kier alpha value is -1.91. The van der Waals surface area contributed by atoms with Gasteiger partial charge in [0.1, 0.15) is 11.6 Å². The van der Waals surface area contributed by atoms with Crippen molar-refractivity contribution in [3.05, 3.63) is 47.8 Å². The Labute approximate surface area is 104 Å². The van der Waals surface area contributed by atoms with Crippen LogP contribution in [0.1, 0.15) is 25.5 Å². The molecule has 1 aromatic heterocycles. The number of hydrogen-bond acceptors (Lipinski definition) is 2. The molecule has 1 N–H and O–H groups in total. The molecule has 0 aliphatic rings. The van der Waals surface area contributed by atoms with E-state index in [1.807, 2.05) is 24.7 Å². The van der Waals surface area contributed by atoms with Crippen molar-refractivity contribution in [1.82, 2.24) is 9.78 Å². The van der Waals surface area contributed by atoms with Gasteiger partial charge in [-0.1, -0.05) is 6.07 Å². The highest BCUT2D eigenvalue weighted by Crippen LogP contribution is 2.14. The minimum atomic E-state index is -0.566. The summed E-state index contributed by atoms with van der Waals surface area (Å²) in [6.07, 6.45) is 3.54. The zero-order valence-electron chi connectivity index (χ0n) is 10.3. The summed E-state index contributed by atoms with van der Waals surface area (Å²) in [5.74, 6) is -1.11. The zero-order valence-corrected chi connectivity index (χ0v) is 10.3. The van der Waals surface area contributed by atoms with Gasteiger partial charge in [0, 0.05) is 30.4 Å². The van der Waals surface area contributed by atoms with Gasteiger partial charge in [-0.2, -0.15) is 5.10 Å². The predicted molar refractivity (Wildman–Crippen MR) is 66.3 cm³/mol. The third-order valence-corrected chi connectivity index (χ3v) is 2.63. The van der Waals surface area contributed by atoms with Crippen LogP contribution in [0.15, 0.2) is 30.6 Å². The first-order valence-corrected chi connectivity index (χ1v) is 5.78. The molecule has 0 unspecified atom stereocenters. The van der Waals surface area contributed by atoms with E-state index in [1.165, 1.54) is 12.1 Å². The summed E-state index contributed by atoms with van der Waals surface area (Å²) < 4.78 is 27.9. The van der Waals surface area contributed by atoms with Crippen LogP contribution in [-0.4, -0.2) is 9.78 Å². The minimum absolute atomic E-state index is 0.281. The number of aromatic nitrogens is 2. The van der Waals surface area contributed by atoms with Crippen molar-refractivity contribution in [2.45, 2.75) is 26.4 Å². The molecule has 2 aromatic rings. The normalized spacial score (nSPS) is 10.9. The molecule has 5 heteroatoms. The maximum Gasteiger partial charge on any atom is 0.131 e. The summed E-state index contributed by atoms with van der Waals surface area (Å²) in [5.41, 5.74) is 1.24. The third kappa shape index (κ3) is 2.85. The minimum Gasteiger partial charge on any atom is -0.378 e.